The second kappa shape index (κ2) is 5.84. The van der Waals surface area contributed by atoms with Crippen LogP contribution >= 0.6 is 0 Å². The van der Waals surface area contributed by atoms with Crippen LogP contribution in [0.1, 0.15) is 6.42 Å². The van der Waals surface area contributed by atoms with E-state index in [0.29, 0.717) is 18.7 Å². The van der Waals surface area contributed by atoms with Crippen molar-refractivity contribution < 1.29 is 14.6 Å². The minimum Gasteiger partial charge on any atom is -0.491 e. The number of nitrogens with zero attached hydrogens (tertiary/aromatic N) is 1. The largest absolute Gasteiger partial charge is 0.491 e. The number of β-amino-alcohol motifs (C(OH)–C–C–N with tert-alkyl or cyclic N) is 1. The second-order valence-electron chi connectivity index (χ2n) is 4.54. The summed E-state index contributed by atoms with van der Waals surface area (Å²) in [6.45, 7) is 0.962. The highest BCUT2D eigenvalue weighted by Crippen LogP contribution is 2.11. The van der Waals surface area contributed by atoms with Gasteiger partial charge in [-0.05, 0) is 12.1 Å². The van der Waals surface area contributed by atoms with Gasteiger partial charge in [-0.1, -0.05) is 18.2 Å². The number of aliphatic hydroxyl groups is 1. The highest BCUT2D eigenvalue weighted by molar-refractivity contribution is 5.79. The molecule has 2 rings (SSSR count). The van der Waals surface area contributed by atoms with Crippen molar-refractivity contribution in [2.24, 2.45) is 5.73 Å². The minimum absolute atomic E-state index is 0.00117. The van der Waals surface area contributed by atoms with E-state index in [9.17, 15) is 9.90 Å². The SMILES string of the molecule is NC1CC(=O)N(CC(O)COc2ccccc2)C1. The lowest BCUT2D eigenvalue weighted by Gasteiger charge is -2.20. The van der Waals surface area contributed by atoms with Gasteiger partial charge >= 0.3 is 0 Å². The van der Waals surface area contributed by atoms with E-state index in [2.05, 4.69) is 0 Å². The summed E-state index contributed by atoms with van der Waals surface area (Å²) in [6, 6.07) is 9.16. The Morgan fingerprint density at radius 3 is 2.78 bits per heavy atom. The summed E-state index contributed by atoms with van der Waals surface area (Å²) in [5, 5.41) is 9.82. The number of nitrogens with two attached hydrogens (primary N) is 1. The first-order chi connectivity index (χ1) is 8.65. The fourth-order valence-electron chi connectivity index (χ4n) is 2.00. The van der Waals surface area contributed by atoms with E-state index < -0.39 is 6.10 Å². The van der Waals surface area contributed by atoms with Crippen LogP contribution in [0.25, 0.3) is 0 Å². The predicted octanol–water partition coefficient (Wildman–Crippen LogP) is -0.0141. The Balaban J connectivity index is 1.75. The van der Waals surface area contributed by atoms with Crippen LogP contribution in [-0.2, 0) is 4.79 Å². The molecular formula is C13H18N2O3. The van der Waals surface area contributed by atoms with E-state index in [1.54, 1.807) is 4.90 Å². The van der Waals surface area contributed by atoms with Crippen molar-refractivity contribution in [1.82, 2.24) is 4.90 Å². The number of hydrogen-bond donors (Lipinski definition) is 2. The Bertz CT molecular complexity index is 396. The van der Waals surface area contributed by atoms with Crippen LogP contribution in [0.3, 0.4) is 0 Å². The molecule has 0 bridgehead atoms. The van der Waals surface area contributed by atoms with Crippen LogP contribution in [0.5, 0.6) is 5.75 Å². The summed E-state index contributed by atoms with van der Waals surface area (Å²) in [4.78, 5) is 13.1. The molecule has 1 fully saturated rings. The summed E-state index contributed by atoms with van der Waals surface area (Å²) < 4.78 is 5.42. The Morgan fingerprint density at radius 2 is 2.17 bits per heavy atom. The van der Waals surface area contributed by atoms with Crippen LogP contribution in [-0.4, -0.2) is 47.8 Å². The zero-order chi connectivity index (χ0) is 13.0. The second-order valence-corrected chi connectivity index (χ2v) is 4.54. The number of benzene rings is 1. The maximum Gasteiger partial charge on any atom is 0.224 e. The molecule has 1 heterocycles. The fourth-order valence-corrected chi connectivity index (χ4v) is 2.00. The first-order valence-electron chi connectivity index (χ1n) is 6.04. The van der Waals surface area contributed by atoms with Gasteiger partial charge in [-0.15, -0.1) is 0 Å². The van der Waals surface area contributed by atoms with E-state index in [1.807, 2.05) is 30.3 Å². The van der Waals surface area contributed by atoms with Crippen molar-refractivity contribution in [3.05, 3.63) is 30.3 Å². The lowest BCUT2D eigenvalue weighted by Crippen LogP contribution is -2.37. The van der Waals surface area contributed by atoms with Gasteiger partial charge in [-0.3, -0.25) is 4.79 Å². The molecule has 0 spiro atoms. The van der Waals surface area contributed by atoms with Gasteiger partial charge in [-0.25, -0.2) is 0 Å². The normalized spacial score (nSPS) is 21.1. The maximum absolute atomic E-state index is 11.5. The van der Waals surface area contributed by atoms with E-state index >= 15 is 0 Å². The molecule has 0 aromatic heterocycles. The number of ether oxygens (including phenoxy) is 1. The van der Waals surface area contributed by atoms with Crippen molar-refractivity contribution in [2.45, 2.75) is 18.6 Å². The molecule has 98 valence electrons. The molecule has 5 nitrogen and oxygen atoms in total. The highest BCUT2D eigenvalue weighted by atomic mass is 16.5. The number of carbonyl (C=O) groups excluding carboxylic acids is 1. The Kier molecular flexibility index (Phi) is 4.17. The van der Waals surface area contributed by atoms with Gasteiger partial charge in [0.05, 0.1) is 0 Å². The van der Waals surface area contributed by atoms with E-state index in [4.69, 9.17) is 10.5 Å². The summed E-state index contributed by atoms with van der Waals surface area (Å²) in [7, 11) is 0. The molecule has 18 heavy (non-hydrogen) atoms. The number of rotatable bonds is 5. The molecule has 5 heteroatoms. The first-order valence-corrected chi connectivity index (χ1v) is 6.04. The van der Waals surface area contributed by atoms with Gasteiger partial charge in [0.25, 0.3) is 0 Å². The molecule has 3 N–H and O–H groups in total. The number of amides is 1. The number of para-hydroxylation sites is 1. The lowest BCUT2D eigenvalue weighted by molar-refractivity contribution is -0.129. The number of hydrogen-bond acceptors (Lipinski definition) is 4. The van der Waals surface area contributed by atoms with Crippen LogP contribution in [0.2, 0.25) is 0 Å². The Hall–Kier alpha value is -1.59. The molecular weight excluding hydrogens is 232 g/mol. The van der Waals surface area contributed by atoms with E-state index in [0.717, 1.165) is 0 Å². The summed E-state index contributed by atoms with van der Waals surface area (Å²) in [5.41, 5.74) is 5.68. The average molecular weight is 250 g/mol. The Morgan fingerprint density at radius 1 is 1.44 bits per heavy atom. The molecule has 1 aromatic carbocycles. The van der Waals surface area contributed by atoms with Crippen molar-refractivity contribution in [3.63, 3.8) is 0 Å². The molecule has 1 saturated heterocycles. The van der Waals surface area contributed by atoms with Crippen molar-refractivity contribution >= 4 is 5.91 Å². The molecule has 2 unspecified atom stereocenters. The molecule has 1 aliphatic rings. The molecule has 1 amide bonds. The lowest BCUT2D eigenvalue weighted by atomic mass is 10.3. The number of aliphatic hydroxyl groups excluding tert-OH is 1. The number of carbonyl (C=O) groups is 1. The van der Waals surface area contributed by atoms with Gasteiger partial charge in [0, 0.05) is 25.6 Å². The van der Waals surface area contributed by atoms with Crippen molar-refractivity contribution in [3.8, 4) is 5.75 Å². The third-order valence-corrected chi connectivity index (χ3v) is 2.86. The molecule has 1 aliphatic heterocycles. The summed E-state index contributed by atoms with van der Waals surface area (Å²) in [5.74, 6) is 0.710. The van der Waals surface area contributed by atoms with Crippen LogP contribution in [0.15, 0.2) is 30.3 Å². The van der Waals surface area contributed by atoms with Crippen LogP contribution in [0.4, 0.5) is 0 Å². The zero-order valence-electron chi connectivity index (χ0n) is 10.2. The van der Waals surface area contributed by atoms with Gasteiger partial charge in [0.15, 0.2) is 0 Å². The van der Waals surface area contributed by atoms with Crippen LogP contribution < -0.4 is 10.5 Å². The van der Waals surface area contributed by atoms with E-state index in [1.165, 1.54) is 0 Å². The van der Waals surface area contributed by atoms with Gasteiger partial charge in [-0.2, -0.15) is 0 Å². The third-order valence-electron chi connectivity index (χ3n) is 2.86. The molecule has 0 aliphatic carbocycles. The number of likely N-dealkylation sites (tertiary alicyclic amines) is 1. The molecule has 0 saturated carbocycles. The smallest absolute Gasteiger partial charge is 0.224 e. The van der Waals surface area contributed by atoms with Crippen molar-refractivity contribution in [1.29, 1.82) is 0 Å². The van der Waals surface area contributed by atoms with Gasteiger partial charge < -0.3 is 20.5 Å². The highest BCUT2D eigenvalue weighted by Gasteiger charge is 2.28. The fraction of sp³-hybridized carbons (Fsp3) is 0.462. The van der Waals surface area contributed by atoms with Gasteiger partial charge in [0.1, 0.15) is 18.5 Å². The van der Waals surface area contributed by atoms with Crippen molar-refractivity contribution in [2.75, 3.05) is 19.7 Å². The average Bonchev–Trinajstić information content (AvgIpc) is 2.67. The summed E-state index contributed by atoms with van der Waals surface area (Å²) in [6.07, 6.45) is -0.328. The monoisotopic (exact) mass is 250 g/mol. The molecule has 0 radical (unpaired) electrons. The standard InChI is InChI=1S/C13H18N2O3/c14-10-6-13(17)15(7-10)8-11(16)9-18-12-4-2-1-3-5-12/h1-5,10-11,16H,6-9,14H2. The quantitative estimate of drug-likeness (QED) is 0.770. The maximum atomic E-state index is 11.5. The Labute approximate surface area is 106 Å². The van der Waals surface area contributed by atoms with E-state index in [-0.39, 0.29) is 25.1 Å². The predicted molar refractivity (Wildman–Crippen MR) is 67.1 cm³/mol. The summed E-state index contributed by atoms with van der Waals surface area (Å²) >= 11 is 0. The third kappa shape index (κ3) is 3.45. The first kappa shape index (κ1) is 12.9. The molecule has 2 atom stereocenters. The topological polar surface area (TPSA) is 75.8 Å². The van der Waals surface area contributed by atoms with Crippen LogP contribution in [0, 0.1) is 0 Å². The zero-order valence-corrected chi connectivity index (χ0v) is 10.2. The van der Waals surface area contributed by atoms with Gasteiger partial charge in [0.2, 0.25) is 5.91 Å². The minimum atomic E-state index is -0.695. The molecule has 1 aromatic rings.